The highest BCUT2D eigenvalue weighted by atomic mass is 35.5. The molecule has 2 rings (SSSR count). The molecule has 0 saturated heterocycles. The van der Waals surface area contributed by atoms with E-state index in [-0.39, 0.29) is 32.6 Å². The molecular formula is C18H20ClN3O6S. The molecule has 0 saturated carbocycles. The lowest BCUT2D eigenvalue weighted by Crippen LogP contribution is -2.23. The number of halogens is 1. The SMILES string of the molecule is COc1cc(N)c(Cl)cc1C(=O)OCC(=O)Nc1cccc(S(=O)(=O)N(C)C)c1. The number of ether oxygens (including phenoxy) is 2. The molecule has 0 aliphatic heterocycles. The third-order valence-corrected chi connectivity index (χ3v) is 5.91. The summed E-state index contributed by atoms with van der Waals surface area (Å²) >= 11 is 5.91. The molecule has 0 atom stereocenters. The van der Waals surface area contributed by atoms with Gasteiger partial charge in [-0.15, -0.1) is 0 Å². The number of carbonyl (C=O) groups excluding carboxylic acids is 2. The van der Waals surface area contributed by atoms with Gasteiger partial charge < -0.3 is 20.5 Å². The third kappa shape index (κ3) is 5.37. The smallest absolute Gasteiger partial charge is 0.342 e. The summed E-state index contributed by atoms with van der Waals surface area (Å²) in [7, 11) is 0.497. The second-order valence-corrected chi connectivity index (χ2v) is 8.57. The number of nitrogens with zero attached hydrogens (tertiary/aromatic N) is 1. The zero-order valence-corrected chi connectivity index (χ0v) is 17.5. The van der Waals surface area contributed by atoms with Crippen molar-refractivity contribution < 1.29 is 27.5 Å². The first-order chi connectivity index (χ1) is 13.6. The minimum Gasteiger partial charge on any atom is -0.496 e. The van der Waals surface area contributed by atoms with Crippen LogP contribution in [-0.2, 0) is 19.6 Å². The maximum Gasteiger partial charge on any atom is 0.342 e. The first kappa shape index (κ1) is 22.5. The fourth-order valence-corrected chi connectivity index (χ4v) is 3.36. The van der Waals surface area contributed by atoms with E-state index in [4.69, 9.17) is 26.8 Å². The molecule has 0 bridgehead atoms. The minimum absolute atomic E-state index is 0.0125. The quantitative estimate of drug-likeness (QED) is 0.496. The van der Waals surface area contributed by atoms with Gasteiger partial charge in [0.1, 0.15) is 11.3 Å². The van der Waals surface area contributed by atoms with Crippen molar-refractivity contribution in [2.75, 3.05) is 38.9 Å². The fraction of sp³-hybridized carbons (Fsp3) is 0.222. The number of amides is 1. The van der Waals surface area contributed by atoms with Crippen LogP contribution in [0.1, 0.15) is 10.4 Å². The Morgan fingerprint density at radius 2 is 1.90 bits per heavy atom. The number of methoxy groups -OCH3 is 1. The topological polar surface area (TPSA) is 128 Å². The molecule has 2 aromatic rings. The number of sulfonamides is 1. The summed E-state index contributed by atoms with van der Waals surface area (Å²) in [6.07, 6.45) is 0. The van der Waals surface area contributed by atoms with E-state index < -0.39 is 28.5 Å². The number of rotatable bonds is 7. The first-order valence-corrected chi connectivity index (χ1v) is 10.0. The van der Waals surface area contributed by atoms with E-state index in [2.05, 4.69) is 5.32 Å². The monoisotopic (exact) mass is 441 g/mol. The maximum absolute atomic E-state index is 12.2. The largest absolute Gasteiger partial charge is 0.496 e. The first-order valence-electron chi connectivity index (χ1n) is 8.19. The van der Waals surface area contributed by atoms with Crippen molar-refractivity contribution in [3.8, 4) is 5.75 Å². The number of nitrogens with two attached hydrogens (primary N) is 1. The Hall–Kier alpha value is -2.82. The number of benzene rings is 2. The molecule has 9 nitrogen and oxygen atoms in total. The van der Waals surface area contributed by atoms with Crippen LogP contribution in [0.2, 0.25) is 5.02 Å². The molecule has 0 unspecified atom stereocenters. The predicted molar refractivity (Wildman–Crippen MR) is 109 cm³/mol. The molecule has 2 aromatic carbocycles. The Morgan fingerprint density at radius 3 is 2.52 bits per heavy atom. The summed E-state index contributed by atoms with van der Waals surface area (Å²) in [5.41, 5.74) is 6.14. The predicted octanol–water partition coefficient (Wildman–Crippen LogP) is 1.98. The van der Waals surface area contributed by atoms with Crippen LogP contribution in [0.25, 0.3) is 0 Å². The highest BCUT2D eigenvalue weighted by Gasteiger charge is 2.19. The molecule has 0 radical (unpaired) electrons. The molecule has 0 aliphatic carbocycles. The van der Waals surface area contributed by atoms with Crippen LogP contribution in [0, 0.1) is 0 Å². The number of carbonyl (C=O) groups is 2. The van der Waals surface area contributed by atoms with E-state index in [9.17, 15) is 18.0 Å². The van der Waals surface area contributed by atoms with Gasteiger partial charge in [0.05, 0.1) is 22.7 Å². The molecule has 156 valence electrons. The fourth-order valence-electron chi connectivity index (χ4n) is 2.25. The van der Waals surface area contributed by atoms with Crippen LogP contribution >= 0.6 is 11.6 Å². The van der Waals surface area contributed by atoms with Crippen molar-refractivity contribution in [3.05, 3.63) is 47.0 Å². The van der Waals surface area contributed by atoms with E-state index in [1.165, 1.54) is 57.6 Å². The lowest BCUT2D eigenvalue weighted by atomic mass is 10.2. The van der Waals surface area contributed by atoms with Gasteiger partial charge in [0, 0.05) is 25.8 Å². The van der Waals surface area contributed by atoms with Crippen LogP contribution in [-0.4, -0.2) is 52.4 Å². The second-order valence-electron chi connectivity index (χ2n) is 6.01. The van der Waals surface area contributed by atoms with Crippen LogP contribution in [0.15, 0.2) is 41.3 Å². The van der Waals surface area contributed by atoms with Gasteiger partial charge in [-0.05, 0) is 24.3 Å². The molecular weight excluding hydrogens is 422 g/mol. The summed E-state index contributed by atoms with van der Waals surface area (Å²) < 4.78 is 35.4. The maximum atomic E-state index is 12.2. The molecule has 3 N–H and O–H groups in total. The van der Waals surface area contributed by atoms with Crippen molar-refractivity contribution >= 4 is 44.9 Å². The average Bonchev–Trinajstić information content (AvgIpc) is 2.67. The average molecular weight is 442 g/mol. The molecule has 0 fully saturated rings. The van der Waals surface area contributed by atoms with E-state index in [1.807, 2.05) is 0 Å². The van der Waals surface area contributed by atoms with Gasteiger partial charge in [0.25, 0.3) is 5.91 Å². The summed E-state index contributed by atoms with van der Waals surface area (Å²) in [5.74, 6) is -1.33. The van der Waals surface area contributed by atoms with Crippen molar-refractivity contribution in [3.63, 3.8) is 0 Å². The molecule has 1 amide bonds. The van der Waals surface area contributed by atoms with Crippen LogP contribution in [0.5, 0.6) is 5.75 Å². The highest BCUT2D eigenvalue weighted by Crippen LogP contribution is 2.29. The third-order valence-electron chi connectivity index (χ3n) is 3.77. The second kappa shape index (κ2) is 9.12. The van der Waals surface area contributed by atoms with Crippen molar-refractivity contribution in [1.29, 1.82) is 0 Å². The Labute approximate surface area is 173 Å². The normalized spacial score (nSPS) is 11.2. The molecule has 0 aromatic heterocycles. The summed E-state index contributed by atoms with van der Waals surface area (Å²) in [4.78, 5) is 24.3. The minimum atomic E-state index is -3.65. The van der Waals surface area contributed by atoms with Gasteiger partial charge in [-0.25, -0.2) is 17.5 Å². The lowest BCUT2D eigenvalue weighted by Gasteiger charge is -2.13. The lowest BCUT2D eigenvalue weighted by molar-refractivity contribution is -0.119. The van der Waals surface area contributed by atoms with Crippen molar-refractivity contribution in [1.82, 2.24) is 4.31 Å². The van der Waals surface area contributed by atoms with Crippen molar-refractivity contribution in [2.45, 2.75) is 4.90 Å². The van der Waals surface area contributed by atoms with Gasteiger partial charge in [-0.1, -0.05) is 17.7 Å². The van der Waals surface area contributed by atoms with Gasteiger partial charge in [-0.2, -0.15) is 0 Å². The number of esters is 1. The Morgan fingerprint density at radius 1 is 1.21 bits per heavy atom. The van der Waals surface area contributed by atoms with Crippen LogP contribution in [0.3, 0.4) is 0 Å². The number of nitrogens with one attached hydrogen (secondary N) is 1. The zero-order valence-electron chi connectivity index (χ0n) is 15.9. The number of nitrogen functional groups attached to an aromatic ring is 1. The highest BCUT2D eigenvalue weighted by molar-refractivity contribution is 7.89. The molecule has 0 spiro atoms. The van der Waals surface area contributed by atoms with E-state index in [0.717, 1.165) is 4.31 Å². The van der Waals surface area contributed by atoms with Gasteiger partial charge in [0.2, 0.25) is 10.0 Å². The van der Waals surface area contributed by atoms with E-state index in [0.29, 0.717) is 0 Å². The Kier molecular flexibility index (Phi) is 7.07. The Bertz CT molecular complexity index is 1040. The van der Waals surface area contributed by atoms with Gasteiger partial charge in [0.15, 0.2) is 6.61 Å². The van der Waals surface area contributed by atoms with Gasteiger partial charge >= 0.3 is 5.97 Å². The summed E-state index contributed by atoms with van der Waals surface area (Å²) in [6, 6.07) is 8.36. The van der Waals surface area contributed by atoms with Crippen LogP contribution < -0.4 is 15.8 Å². The zero-order chi connectivity index (χ0) is 21.8. The van der Waals surface area contributed by atoms with Gasteiger partial charge in [-0.3, -0.25) is 4.79 Å². The Balaban J connectivity index is 2.06. The number of hydrogen-bond acceptors (Lipinski definition) is 7. The van der Waals surface area contributed by atoms with E-state index >= 15 is 0 Å². The molecule has 11 heteroatoms. The van der Waals surface area contributed by atoms with Crippen molar-refractivity contribution in [2.24, 2.45) is 0 Å². The molecule has 0 heterocycles. The molecule has 0 aliphatic rings. The number of hydrogen-bond donors (Lipinski definition) is 2. The summed E-state index contributed by atoms with van der Waals surface area (Å²) in [5, 5.41) is 2.61. The number of anilines is 2. The van der Waals surface area contributed by atoms with Crippen LogP contribution in [0.4, 0.5) is 11.4 Å². The summed E-state index contributed by atoms with van der Waals surface area (Å²) in [6.45, 7) is -0.603. The van der Waals surface area contributed by atoms with E-state index in [1.54, 1.807) is 0 Å². The standard InChI is InChI=1S/C18H20ClN3O6S/c1-22(2)29(25,26)12-6-4-5-11(7-12)21-17(23)10-28-18(24)13-8-14(19)15(20)9-16(13)27-3/h4-9H,10,20H2,1-3H3,(H,21,23). The molecule has 29 heavy (non-hydrogen) atoms.